The minimum atomic E-state index is -0.0266. The third kappa shape index (κ3) is 3.11. The van der Waals surface area contributed by atoms with Crippen LogP contribution < -0.4 is 5.32 Å². The molecule has 0 unspecified atom stereocenters. The zero-order valence-corrected chi connectivity index (χ0v) is 16.4. The Morgan fingerprint density at radius 1 is 1.28 bits per heavy atom. The number of rotatable bonds is 3. The van der Waals surface area contributed by atoms with Gasteiger partial charge in [0.1, 0.15) is 10.0 Å². The van der Waals surface area contributed by atoms with Crippen LogP contribution in [-0.4, -0.2) is 10.9 Å². The van der Waals surface area contributed by atoms with Crippen LogP contribution in [0, 0.1) is 11.8 Å². The van der Waals surface area contributed by atoms with Gasteiger partial charge in [-0.15, -0.1) is 22.7 Å². The summed E-state index contributed by atoms with van der Waals surface area (Å²) >= 11 is 3.47. The Labute approximate surface area is 156 Å². The van der Waals surface area contributed by atoms with Crippen LogP contribution in [0.5, 0.6) is 0 Å². The fourth-order valence-electron chi connectivity index (χ4n) is 3.30. The van der Waals surface area contributed by atoms with Gasteiger partial charge in [-0.25, -0.2) is 4.98 Å². The zero-order chi connectivity index (χ0) is 17.6. The summed E-state index contributed by atoms with van der Waals surface area (Å²) in [6, 6.07) is 8.25. The number of hydrogen-bond donors (Lipinski definition) is 1. The molecule has 1 N–H and O–H groups in total. The fourth-order valence-corrected chi connectivity index (χ4v) is 5.82. The van der Waals surface area contributed by atoms with E-state index in [0.29, 0.717) is 5.92 Å². The van der Waals surface area contributed by atoms with Crippen LogP contribution in [0.3, 0.4) is 0 Å². The van der Waals surface area contributed by atoms with E-state index >= 15 is 0 Å². The molecule has 25 heavy (non-hydrogen) atoms. The Bertz CT molecular complexity index is 905. The smallest absolute Gasteiger partial charge is 0.227 e. The van der Waals surface area contributed by atoms with E-state index in [1.54, 1.807) is 22.7 Å². The van der Waals surface area contributed by atoms with Crippen molar-refractivity contribution in [2.75, 3.05) is 5.32 Å². The molecular weight excluding hydrogens is 348 g/mol. The summed E-state index contributed by atoms with van der Waals surface area (Å²) in [6.07, 6.45) is 3.39. The van der Waals surface area contributed by atoms with Crippen LogP contribution in [0.4, 0.5) is 5.00 Å². The number of hydrogen-bond acceptors (Lipinski definition) is 4. The van der Waals surface area contributed by atoms with Crippen LogP contribution in [-0.2, 0) is 17.6 Å². The van der Waals surface area contributed by atoms with Crippen molar-refractivity contribution in [1.29, 1.82) is 0 Å². The Morgan fingerprint density at radius 3 is 2.84 bits per heavy atom. The maximum absolute atomic E-state index is 12.3. The summed E-state index contributed by atoms with van der Waals surface area (Å²) in [5.74, 6) is 0.762. The number of nitrogens with one attached hydrogen (secondary N) is 1. The lowest BCUT2D eigenvalue weighted by Crippen LogP contribution is -2.17. The predicted octanol–water partition coefficient (Wildman–Crippen LogP) is 5.74. The first-order valence-electron chi connectivity index (χ1n) is 8.84. The second kappa shape index (κ2) is 6.54. The Balaban J connectivity index is 1.85. The summed E-state index contributed by atoms with van der Waals surface area (Å²) < 4.78 is 1.20. The molecule has 0 fully saturated rings. The van der Waals surface area contributed by atoms with Crippen LogP contribution in [0.1, 0.15) is 37.6 Å². The number of carbonyl (C=O) groups is 1. The molecule has 2 heterocycles. The first-order chi connectivity index (χ1) is 12.0. The van der Waals surface area contributed by atoms with Crippen molar-refractivity contribution in [1.82, 2.24) is 4.98 Å². The first kappa shape index (κ1) is 16.7. The highest BCUT2D eigenvalue weighted by atomic mass is 32.1. The molecule has 2 aromatic heterocycles. The Hall–Kier alpha value is -1.72. The molecule has 0 spiro atoms. The van der Waals surface area contributed by atoms with Crippen molar-refractivity contribution in [3.05, 3.63) is 34.7 Å². The zero-order valence-electron chi connectivity index (χ0n) is 14.8. The van der Waals surface area contributed by atoms with E-state index < -0.39 is 0 Å². The highest BCUT2D eigenvalue weighted by Gasteiger charge is 2.27. The molecule has 3 nitrogen and oxygen atoms in total. The number of aromatic nitrogens is 1. The number of thiazole rings is 1. The average molecular weight is 371 g/mol. The molecule has 5 heteroatoms. The number of para-hydroxylation sites is 1. The lowest BCUT2D eigenvalue weighted by Gasteiger charge is -2.18. The minimum Gasteiger partial charge on any atom is -0.317 e. The molecule has 1 aromatic carbocycles. The minimum absolute atomic E-state index is 0.0266. The number of nitrogens with zero attached hydrogens (tertiary/aromatic N) is 1. The molecule has 1 aliphatic carbocycles. The van der Waals surface area contributed by atoms with Crippen molar-refractivity contribution < 1.29 is 4.79 Å². The van der Waals surface area contributed by atoms with Crippen molar-refractivity contribution in [3.8, 4) is 10.6 Å². The van der Waals surface area contributed by atoms with Gasteiger partial charge in [-0.1, -0.05) is 32.9 Å². The molecule has 0 saturated carbocycles. The third-order valence-electron chi connectivity index (χ3n) is 4.78. The lowest BCUT2D eigenvalue weighted by molar-refractivity contribution is -0.118. The van der Waals surface area contributed by atoms with Gasteiger partial charge in [0.2, 0.25) is 5.91 Å². The summed E-state index contributed by atoms with van der Waals surface area (Å²) in [5, 5.41) is 5.19. The summed E-state index contributed by atoms with van der Waals surface area (Å²) in [4.78, 5) is 18.6. The van der Waals surface area contributed by atoms with Crippen LogP contribution in [0.25, 0.3) is 20.8 Å². The second-order valence-electron chi connectivity index (χ2n) is 7.19. The quantitative estimate of drug-likeness (QED) is 0.638. The summed E-state index contributed by atoms with van der Waals surface area (Å²) in [5.41, 5.74) is 3.61. The molecule has 3 aromatic rings. The number of carbonyl (C=O) groups excluding carboxylic acids is 1. The van der Waals surface area contributed by atoms with Gasteiger partial charge in [-0.05, 0) is 42.9 Å². The average Bonchev–Trinajstić information content (AvgIpc) is 3.14. The van der Waals surface area contributed by atoms with E-state index in [1.807, 2.05) is 19.9 Å². The van der Waals surface area contributed by atoms with Gasteiger partial charge in [-0.3, -0.25) is 4.79 Å². The van der Waals surface area contributed by atoms with E-state index in [-0.39, 0.29) is 11.8 Å². The van der Waals surface area contributed by atoms with Gasteiger partial charge in [0.25, 0.3) is 0 Å². The molecule has 1 amide bonds. The van der Waals surface area contributed by atoms with E-state index in [0.717, 1.165) is 28.4 Å². The second-order valence-corrected chi connectivity index (χ2v) is 9.32. The molecular formula is C20H22N2OS2. The fraction of sp³-hybridized carbons (Fsp3) is 0.400. The largest absolute Gasteiger partial charge is 0.317 e. The van der Waals surface area contributed by atoms with E-state index in [9.17, 15) is 4.79 Å². The van der Waals surface area contributed by atoms with Gasteiger partial charge in [0.15, 0.2) is 0 Å². The normalized spacial score (nSPS) is 17.0. The molecule has 0 radical (unpaired) electrons. The van der Waals surface area contributed by atoms with Crippen molar-refractivity contribution in [2.24, 2.45) is 11.8 Å². The van der Waals surface area contributed by atoms with Crippen LogP contribution in [0.2, 0.25) is 0 Å². The number of thiophene rings is 1. The summed E-state index contributed by atoms with van der Waals surface area (Å²) in [7, 11) is 0. The molecule has 130 valence electrons. The maximum Gasteiger partial charge on any atom is 0.227 e. The van der Waals surface area contributed by atoms with Crippen molar-refractivity contribution in [3.63, 3.8) is 0 Å². The lowest BCUT2D eigenvalue weighted by atomic mass is 9.88. The monoisotopic (exact) mass is 370 g/mol. The Kier molecular flexibility index (Phi) is 4.38. The molecule has 0 bridgehead atoms. The van der Waals surface area contributed by atoms with E-state index in [1.165, 1.54) is 27.1 Å². The van der Waals surface area contributed by atoms with Crippen LogP contribution in [0.15, 0.2) is 24.3 Å². The third-order valence-corrected chi connectivity index (χ3v) is 7.00. The van der Waals surface area contributed by atoms with Crippen molar-refractivity contribution in [2.45, 2.75) is 40.0 Å². The number of benzene rings is 1. The molecule has 1 aliphatic rings. The molecule has 1 atom stereocenters. The summed E-state index contributed by atoms with van der Waals surface area (Å²) in [6.45, 7) is 6.18. The predicted molar refractivity (Wildman–Crippen MR) is 108 cm³/mol. The Morgan fingerprint density at radius 2 is 2.08 bits per heavy atom. The number of anilines is 1. The standard InChI is InChI=1S/C20H22N2OS2/c1-11(2)18(23)22-20-17(13-9-8-12(3)10-16(13)25-20)19-21-14-6-4-5-7-15(14)24-19/h4-7,11-12H,8-10H2,1-3H3,(H,22,23)/t12-/m1/s1. The topological polar surface area (TPSA) is 42.0 Å². The molecule has 0 saturated heterocycles. The highest BCUT2D eigenvalue weighted by molar-refractivity contribution is 7.22. The number of fused-ring (bicyclic) bond motifs is 2. The van der Waals surface area contributed by atoms with Gasteiger partial charge in [-0.2, -0.15) is 0 Å². The first-order valence-corrected chi connectivity index (χ1v) is 10.5. The van der Waals surface area contributed by atoms with Gasteiger partial charge in [0, 0.05) is 16.4 Å². The van der Waals surface area contributed by atoms with Gasteiger partial charge in [0.05, 0.1) is 10.2 Å². The molecule has 4 rings (SSSR count). The molecule has 0 aliphatic heterocycles. The highest BCUT2D eigenvalue weighted by Crippen LogP contribution is 2.47. The van der Waals surface area contributed by atoms with E-state index in [2.05, 4.69) is 30.4 Å². The maximum atomic E-state index is 12.3. The van der Waals surface area contributed by atoms with Gasteiger partial charge >= 0.3 is 0 Å². The van der Waals surface area contributed by atoms with Gasteiger partial charge < -0.3 is 5.32 Å². The van der Waals surface area contributed by atoms with E-state index in [4.69, 9.17) is 4.98 Å². The SMILES string of the molecule is CC(C)C(=O)Nc1sc2c(c1-c1nc3ccccc3s1)CC[C@@H](C)C2. The van der Waals surface area contributed by atoms with Crippen molar-refractivity contribution >= 4 is 43.8 Å². The van der Waals surface area contributed by atoms with Crippen LogP contribution >= 0.6 is 22.7 Å². The number of amides is 1.